The third-order valence-electron chi connectivity index (χ3n) is 6.23. The lowest BCUT2D eigenvalue weighted by atomic mass is 9.78. The highest BCUT2D eigenvalue weighted by molar-refractivity contribution is 7.89. The molecule has 0 radical (unpaired) electrons. The summed E-state index contributed by atoms with van der Waals surface area (Å²) in [6.45, 7) is 7.05. The van der Waals surface area contributed by atoms with Crippen LogP contribution < -0.4 is 0 Å². The summed E-state index contributed by atoms with van der Waals surface area (Å²) in [6, 6.07) is 0. The third-order valence-corrected chi connectivity index (χ3v) is 8.11. The van der Waals surface area contributed by atoms with Crippen LogP contribution in [0.5, 0.6) is 0 Å². The number of sulfonamides is 1. The van der Waals surface area contributed by atoms with Crippen LogP contribution in [0.1, 0.15) is 45.4 Å². The van der Waals surface area contributed by atoms with Crippen molar-refractivity contribution in [2.24, 2.45) is 11.8 Å². The summed E-state index contributed by atoms with van der Waals surface area (Å²) in [5.74, 6) is 1.32. The fourth-order valence-corrected chi connectivity index (χ4v) is 5.56. The lowest BCUT2D eigenvalue weighted by Gasteiger charge is -2.41. The molecule has 0 aromatic carbocycles. The van der Waals surface area contributed by atoms with Crippen LogP contribution in [-0.4, -0.2) is 70.2 Å². The molecule has 146 valence electrons. The van der Waals surface area contributed by atoms with E-state index in [0.29, 0.717) is 24.9 Å². The van der Waals surface area contributed by atoms with Crippen molar-refractivity contribution >= 4 is 10.0 Å². The van der Waals surface area contributed by atoms with E-state index >= 15 is 0 Å². The van der Waals surface area contributed by atoms with Crippen LogP contribution in [0.2, 0.25) is 0 Å². The molecule has 0 aromatic heterocycles. The van der Waals surface area contributed by atoms with Crippen molar-refractivity contribution in [1.82, 2.24) is 4.31 Å². The van der Waals surface area contributed by atoms with Crippen LogP contribution in [0, 0.1) is 11.8 Å². The average Bonchev–Trinajstić information content (AvgIpc) is 3.02. The van der Waals surface area contributed by atoms with Crippen LogP contribution in [0.3, 0.4) is 0 Å². The summed E-state index contributed by atoms with van der Waals surface area (Å²) in [5.41, 5.74) is -0.123. The Bertz CT molecular complexity index is 510. The Morgan fingerprint density at radius 2 is 1.84 bits per heavy atom. The highest BCUT2D eigenvalue weighted by atomic mass is 32.2. The third kappa shape index (κ3) is 4.75. The molecule has 0 amide bonds. The first-order valence-electron chi connectivity index (χ1n) is 9.83. The number of hydrogen-bond donors (Lipinski definition) is 0. The Morgan fingerprint density at radius 1 is 1.12 bits per heavy atom. The van der Waals surface area contributed by atoms with E-state index in [0.717, 1.165) is 71.6 Å². The summed E-state index contributed by atoms with van der Waals surface area (Å²) in [4.78, 5) is 0. The largest absolute Gasteiger partial charge is 0.381 e. The average molecular weight is 376 g/mol. The van der Waals surface area contributed by atoms with Crippen molar-refractivity contribution in [2.45, 2.75) is 51.0 Å². The van der Waals surface area contributed by atoms with Crippen molar-refractivity contribution < 1.29 is 22.6 Å². The zero-order valence-electron chi connectivity index (χ0n) is 15.5. The van der Waals surface area contributed by atoms with E-state index in [1.807, 2.05) is 0 Å². The van der Waals surface area contributed by atoms with Gasteiger partial charge in [-0.1, -0.05) is 0 Å². The maximum atomic E-state index is 12.1. The second-order valence-electron chi connectivity index (χ2n) is 7.62. The molecule has 0 bridgehead atoms. The lowest BCUT2D eigenvalue weighted by Crippen LogP contribution is -2.49. The van der Waals surface area contributed by atoms with Gasteiger partial charge < -0.3 is 14.2 Å². The zero-order chi connectivity index (χ0) is 17.8. The molecule has 3 aliphatic heterocycles. The maximum Gasteiger partial charge on any atom is 0.213 e. The lowest BCUT2D eigenvalue weighted by molar-refractivity contribution is -0.0629. The molecule has 0 N–H and O–H groups in total. The second kappa shape index (κ2) is 8.65. The molecule has 0 unspecified atom stereocenters. The second-order valence-corrected chi connectivity index (χ2v) is 9.88. The minimum Gasteiger partial charge on any atom is -0.381 e. The summed E-state index contributed by atoms with van der Waals surface area (Å²) >= 11 is 0. The molecule has 3 heterocycles. The van der Waals surface area contributed by atoms with Crippen LogP contribution in [0.15, 0.2) is 0 Å². The predicted molar refractivity (Wildman–Crippen MR) is 96.0 cm³/mol. The van der Waals surface area contributed by atoms with Gasteiger partial charge in [0.25, 0.3) is 0 Å². The number of nitrogens with zero attached hydrogens (tertiary/aromatic N) is 1. The molecule has 3 rings (SSSR count). The molecule has 1 atom stereocenters. The van der Waals surface area contributed by atoms with E-state index in [4.69, 9.17) is 14.2 Å². The van der Waals surface area contributed by atoms with Crippen molar-refractivity contribution in [3.63, 3.8) is 0 Å². The Morgan fingerprint density at radius 3 is 2.52 bits per heavy atom. The predicted octanol–water partition coefficient (Wildman–Crippen LogP) is 2.04. The standard InChI is InChI=1S/C18H33NO5S/c1-2-25(20,21)19-9-7-18(8-10-19)17(6-14-24-18)5-13-23-15-16-3-11-22-12-4-16/h16-17H,2-15H2,1H3/t17-/m0/s1. The van der Waals surface area contributed by atoms with Gasteiger partial charge in [0.1, 0.15) is 0 Å². The molecule has 25 heavy (non-hydrogen) atoms. The first-order chi connectivity index (χ1) is 12.1. The van der Waals surface area contributed by atoms with Gasteiger partial charge in [0, 0.05) is 46.1 Å². The molecule has 3 saturated heterocycles. The van der Waals surface area contributed by atoms with E-state index in [2.05, 4.69) is 0 Å². The van der Waals surface area contributed by atoms with E-state index < -0.39 is 10.0 Å². The summed E-state index contributed by atoms with van der Waals surface area (Å²) in [5, 5.41) is 0. The van der Waals surface area contributed by atoms with Gasteiger partial charge in [0.05, 0.1) is 11.4 Å². The monoisotopic (exact) mass is 375 g/mol. The Hall–Kier alpha value is -0.210. The molecule has 3 aliphatic rings. The Kier molecular flexibility index (Phi) is 6.77. The Balaban J connectivity index is 1.43. The van der Waals surface area contributed by atoms with Gasteiger partial charge in [-0.15, -0.1) is 0 Å². The highest BCUT2D eigenvalue weighted by Gasteiger charge is 2.47. The van der Waals surface area contributed by atoms with Crippen molar-refractivity contribution in [3.05, 3.63) is 0 Å². The molecular weight excluding hydrogens is 342 g/mol. The van der Waals surface area contributed by atoms with Crippen LogP contribution >= 0.6 is 0 Å². The van der Waals surface area contributed by atoms with Crippen LogP contribution in [-0.2, 0) is 24.2 Å². The molecule has 7 heteroatoms. The molecule has 6 nitrogen and oxygen atoms in total. The van der Waals surface area contributed by atoms with Crippen LogP contribution in [0.4, 0.5) is 0 Å². The van der Waals surface area contributed by atoms with E-state index in [1.165, 1.54) is 0 Å². The van der Waals surface area contributed by atoms with Gasteiger partial charge in [-0.05, 0) is 57.3 Å². The minimum atomic E-state index is -3.08. The van der Waals surface area contributed by atoms with Crippen LogP contribution in [0.25, 0.3) is 0 Å². The first-order valence-corrected chi connectivity index (χ1v) is 11.4. The smallest absolute Gasteiger partial charge is 0.213 e. The molecule has 0 saturated carbocycles. The first kappa shape index (κ1) is 19.5. The summed E-state index contributed by atoms with van der Waals surface area (Å²) in [7, 11) is -3.08. The maximum absolute atomic E-state index is 12.1. The van der Waals surface area contributed by atoms with Crippen molar-refractivity contribution in [3.8, 4) is 0 Å². The minimum absolute atomic E-state index is 0.123. The number of hydrogen-bond acceptors (Lipinski definition) is 5. The van der Waals surface area contributed by atoms with Gasteiger partial charge >= 0.3 is 0 Å². The van der Waals surface area contributed by atoms with Gasteiger partial charge in [-0.3, -0.25) is 0 Å². The van der Waals surface area contributed by atoms with Gasteiger partial charge in [0.2, 0.25) is 10.0 Å². The van der Waals surface area contributed by atoms with E-state index in [-0.39, 0.29) is 11.4 Å². The van der Waals surface area contributed by atoms with Crippen molar-refractivity contribution in [1.29, 1.82) is 0 Å². The molecule has 0 aliphatic carbocycles. The normalized spacial score (nSPS) is 28.6. The number of rotatable bonds is 7. The fraction of sp³-hybridized carbons (Fsp3) is 1.00. The Labute approximate surface area is 152 Å². The molecular formula is C18H33NO5S. The van der Waals surface area contributed by atoms with Crippen molar-refractivity contribution in [2.75, 3.05) is 51.9 Å². The molecule has 1 spiro atoms. The fourth-order valence-electron chi connectivity index (χ4n) is 4.46. The van der Waals surface area contributed by atoms with Gasteiger partial charge in [0.15, 0.2) is 0 Å². The summed E-state index contributed by atoms with van der Waals surface area (Å²) in [6.07, 6.45) is 5.94. The number of piperidine rings is 1. The SMILES string of the molecule is CCS(=O)(=O)N1CCC2(CC1)OCC[C@@H]2CCOCC1CCOCC1. The molecule has 3 fully saturated rings. The topological polar surface area (TPSA) is 65.1 Å². The van der Waals surface area contributed by atoms with E-state index in [9.17, 15) is 8.42 Å². The van der Waals surface area contributed by atoms with Gasteiger partial charge in [-0.2, -0.15) is 0 Å². The highest BCUT2D eigenvalue weighted by Crippen LogP contribution is 2.42. The summed E-state index contributed by atoms with van der Waals surface area (Å²) < 4.78 is 43.2. The molecule has 0 aromatic rings. The number of ether oxygens (including phenoxy) is 3. The van der Waals surface area contributed by atoms with E-state index in [1.54, 1.807) is 11.2 Å². The quantitative estimate of drug-likeness (QED) is 0.637. The zero-order valence-corrected chi connectivity index (χ0v) is 16.3. The van der Waals surface area contributed by atoms with Gasteiger partial charge in [-0.25, -0.2) is 12.7 Å².